The molecular weight excluding hydrogens is 430 g/mol. The van der Waals surface area contributed by atoms with Gasteiger partial charge in [0.1, 0.15) is 11.3 Å². The SMILES string of the molecule is CCNC(=O)C1(NC(=O)C2CCN(S(=O)(=O)c3ccc(OCC)cc3)CC2)CCCCC1. The molecule has 0 unspecified atom stereocenters. The summed E-state index contributed by atoms with van der Waals surface area (Å²) in [5.41, 5.74) is -0.836. The molecule has 1 aromatic rings. The first-order valence-corrected chi connectivity index (χ1v) is 13.1. The van der Waals surface area contributed by atoms with E-state index in [1.165, 1.54) is 4.31 Å². The van der Waals surface area contributed by atoms with Crippen molar-refractivity contribution in [3.63, 3.8) is 0 Å². The van der Waals surface area contributed by atoms with Crippen molar-refractivity contribution >= 4 is 21.8 Å². The molecule has 0 spiro atoms. The lowest BCUT2D eigenvalue weighted by Crippen LogP contribution is -2.61. The quantitative estimate of drug-likeness (QED) is 0.614. The van der Waals surface area contributed by atoms with Crippen LogP contribution >= 0.6 is 0 Å². The summed E-state index contributed by atoms with van der Waals surface area (Å²) in [6.45, 7) is 5.35. The van der Waals surface area contributed by atoms with E-state index in [4.69, 9.17) is 4.74 Å². The van der Waals surface area contributed by atoms with Crippen LogP contribution in [0.15, 0.2) is 29.2 Å². The molecule has 8 nitrogen and oxygen atoms in total. The van der Waals surface area contributed by atoms with Crippen LogP contribution in [0.1, 0.15) is 58.8 Å². The molecule has 0 bridgehead atoms. The molecule has 178 valence electrons. The van der Waals surface area contributed by atoms with Crippen LogP contribution in [-0.4, -0.2) is 56.3 Å². The van der Waals surface area contributed by atoms with Gasteiger partial charge < -0.3 is 15.4 Å². The molecule has 1 aliphatic heterocycles. The number of hydrogen-bond donors (Lipinski definition) is 2. The number of nitrogens with zero attached hydrogens (tertiary/aromatic N) is 1. The summed E-state index contributed by atoms with van der Waals surface area (Å²) in [5.74, 6) is 0.0837. The van der Waals surface area contributed by atoms with E-state index in [2.05, 4.69) is 10.6 Å². The molecule has 0 atom stereocenters. The average Bonchev–Trinajstić information content (AvgIpc) is 2.80. The van der Waals surface area contributed by atoms with Gasteiger partial charge in [-0.3, -0.25) is 9.59 Å². The number of carbonyl (C=O) groups excluding carboxylic acids is 2. The Bertz CT molecular complexity index is 887. The number of ether oxygens (including phenoxy) is 1. The summed E-state index contributed by atoms with van der Waals surface area (Å²) in [6, 6.07) is 6.42. The summed E-state index contributed by atoms with van der Waals surface area (Å²) >= 11 is 0. The molecule has 1 saturated heterocycles. The van der Waals surface area contributed by atoms with E-state index in [1.54, 1.807) is 24.3 Å². The zero-order valence-electron chi connectivity index (χ0n) is 19.1. The highest BCUT2D eigenvalue weighted by atomic mass is 32.2. The van der Waals surface area contributed by atoms with Gasteiger partial charge in [-0.05, 0) is 63.8 Å². The van der Waals surface area contributed by atoms with Crippen LogP contribution in [0.3, 0.4) is 0 Å². The third-order valence-corrected chi connectivity index (χ3v) is 8.35. The van der Waals surface area contributed by atoms with Crippen molar-refractivity contribution in [2.45, 2.75) is 69.2 Å². The molecule has 1 aliphatic carbocycles. The smallest absolute Gasteiger partial charge is 0.245 e. The summed E-state index contributed by atoms with van der Waals surface area (Å²) in [5, 5.41) is 5.93. The largest absolute Gasteiger partial charge is 0.494 e. The van der Waals surface area contributed by atoms with Gasteiger partial charge in [0.05, 0.1) is 11.5 Å². The standard InChI is InChI=1S/C23H35N3O5S/c1-3-24-22(28)23(14-6-5-7-15-23)25-21(27)18-12-16-26(17-13-18)32(29,30)20-10-8-19(9-11-20)31-4-2/h8-11,18H,3-7,12-17H2,1-2H3,(H,24,28)(H,25,27). The van der Waals surface area contributed by atoms with Crippen molar-refractivity contribution in [2.75, 3.05) is 26.2 Å². The summed E-state index contributed by atoms with van der Waals surface area (Å²) in [4.78, 5) is 26.0. The van der Waals surface area contributed by atoms with Crippen LogP contribution in [0.2, 0.25) is 0 Å². The van der Waals surface area contributed by atoms with E-state index in [0.29, 0.717) is 44.6 Å². The molecule has 9 heteroatoms. The molecule has 2 N–H and O–H groups in total. The highest BCUT2D eigenvalue weighted by Gasteiger charge is 2.42. The van der Waals surface area contributed by atoms with E-state index in [9.17, 15) is 18.0 Å². The van der Waals surface area contributed by atoms with Gasteiger partial charge in [-0.25, -0.2) is 8.42 Å². The zero-order valence-corrected chi connectivity index (χ0v) is 19.9. The number of sulfonamides is 1. The zero-order chi connectivity index (χ0) is 23.2. The first-order chi connectivity index (χ1) is 15.3. The number of benzene rings is 1. The van der Waals surface area contributed by atoms with Crippen molar-refractivity contribution in [1.29, 1.82) is 0 Å². The van der Waals surface area contributed by atoms with Crippen LogP contribution in [0.5, 0.6) is 5.75 Å². The second-order valence-electron chi connectivity index (χ2n) is 8.57. The van der Waals surface area contributed by atoms with Crippen LogP contribution < -0.4 is 15.4 Å². The van der Waals surface area contributed by atoms with Crippen LogP contribution in [-0.2, 0) is 19.6 Å². The second kappa shape index (κ2) is 10.7. The lowest BCUT2D eigenvalue weighted by atomic mass is 9.80. The first-order valence-electron chi connectivity index (χ1n) is 11.7. The van der Waals surface area contributed by atoms with Gasteiger partial charge in [0.2, 0.25) is 21.8 Å². The summed E-state index contributed by atoms with van der Waals surface area (Å²) in [6.07, 6.45) is 5.07. The van der Waals surface area contributed by atoms with Crippen molar-refractivity contribution in [1.82, 2.24) is 14.9 Å². The number of nitrogens with one attached hydrogen (secondary N) is 2. The summed E-state index contributed by atoms with van der Waals surface area (Å²) < 4.78 is 32.8. The number of amides is 2. The molecule has 2 amide bonds. The number of likely N-dealkylation sites (N-methyl/N-ethyl adjacent to an activating group) is 1. The number of piperidine rings is 1. The molecule has 2 fully saturated rings. The molecule has 1 saturated carbocycles. The van der Waals surface area contributed by atoms with E-state index >= 15 is 0 Å². The van der Waals surface area contributed by atoms with Crippen molar-refractivity contribution < 1.29 is 22.7 Å². The monoisotopic (exact) mass is 465 g/mol. The molecule has 0 radical (unpaired) electrons. The Balaban J connectivity index is 1.61. The third-order valence-electron chi connectivity index (χ3n) is 6.44. The number of hydrogen-bond acceptors (Lipinski definition) is 5. The van der Waals surface area contributed by atoms with E-state index in [0.717, 1.165) is 19.3 Å². The van der Waals surface area contributed by atoms with Crippen molar-refractivity contribution in [3.8, 4) is 5.75 Å². The minimum Gasteiger partial charge on any atom is -0.494 e. The van der Waals surface area contributed by atoms with Gasteiger partial charge >= 0.3 is 0 Å². The first kappa shape index (κ1) is 24.5. The molecule has 0 aromatic heterocycles. The van der Waals surface area contributed by atoms with Crippen molar-refractivity contribution in [3.05, 3.63) is 24.3 Å². The molecule has 1 aromatic carbocycles. The topological polar surface area (TPSA) is 105 Å². The van der Waals surface area contributed by atoms with Gasteiger partial charge in [0.15, 0.2) is 0 Å². The van der Waals surface area contributed by atoms with Crippen LogP contribution in [0.25, 0.3) is 0 Å². The lowest BCUT2D eigenvalue weighted by Gasteiger charge is -2.38. The van der Waals surface area contributed by atoms with Gasteiger partial charge in [0.25, 0.3) is 0 Å². The molecule has 1 heterocycles. The summed E-state index contributed by atoms with van der Waals surface area (Å²) in [7, 11) is -3.62. The molecule has 32 heavy (non-hydrogen) atoms. The maximum absolute atomic E-state index is 13.0. The lowest BCUT2D eigenvalue weighted by molar-refractivity contribution is -0.137. The Morgan fingerprint density at radius 3 is 2.25 bits per heavy atom. The third kappa shape index (κ3) is 5.43. The Kier molecular flexibility index (Phi) is 8.16. The fraction of sp³-hybridized carbons (Fsp3) is 0.652. The van der Waals surface area contributed by atoms with Crippen molar-refractivity contribution in [2.24, 2.45) is 5.92 Å². The minimum absolute atomic E-state index is 0.108. The predicted molar refractivity (Wildman–Crippen MR) is 122 cm³/mol. The number of carbonyl (C=O) groups is 2. The predicted octanol–water partition coefficient (Wildman–Crippen LogP) is 2.44. The Labute approximate surface area is 191 Å². The van der Waals surface area contributed by atoms with Crippen LogP contribution in [0.4, 0.5) is 0 Å². The maximum atomic E-state index is 13.0. The van der Waals surface area contributed by atoms with Gasteiger partial charge in [-0.1, -0.05) is 19.3 Å². The fourth-order valence-corrected chi connectivity index (χ4v) is 6.08. The maximum Gasteiger partial charge on any atom is 0.245 e. The second-order valence-corrected chi connectivity index (χ2v) is 10.5. The average molecular weight is 466 g/mol. The molecule has 2 aliphatic rings. The van der Waals surface area contributed by atoms with Gasteiger partial charge in [-0.15, -0.1) is 0 Å². The Morgan fingerprint density at radius 1 is 1.06 bits per heavy atom. The fourth-order valence-electron chi connectivity index (χ4n) is 4.61. The molecular formula is C23H35N3O5S. The normalized spacial score (nSPS) is 19.8. The van der Waals surface area contributed by atoms with Crippen LogP contribution in [0, 0.1) is 5.92 Å². The Hall–Kier alpha value is -2.13. The minimum atomic E-state index is -3.62. The van der Waals surface area contributed by atoms with E-state index < -0.39 is 15.6 Å². The van der Waals surface area contributed by atoms with Gasteiger partial charge in [-0.2, -0.15) is 4.31 Å². The molecule has 3 rings (SSSR count). The van der Waals surface area contributed by atoms with E-state index in [-0.39, 0.29) is 35.7 Å². The Morgan fingerprint density at radius 2 is 1.69 bits per heavy atom. The number of rotatable bonds is 8. The highest BCUT2D eigenvalue weighted by Crippen LogP contribution is 2.31. The highest BCUT2D eigenvalue weighted by molar-refractivity contribution is 7.89. The van der Waals surface area contributed by atoms with E-state index in [1.807, 2.05) is 13.8 Å². The van der Waals surface area contributed by atoms with Gasteiger partial charge in [0, 0.05) is 25.6 Å².